The second kappa shape index (κ2) is 8.87. The zero-order valence-corrected chi connectivity index (χ0v) is 18.7. The van der Waals surface area contributed by atoms with Crippen molar-refractivity contribution in [3.8, 4) is 5.88 Å². The van der Waals surface area contributed by atoms with Crippen LogP contribution in [0.4, 0.5) is 10.1 Å². The molecule has 8 nitrogen and oxygen atoms in total. The van der Waals surface area contributed by atoms with Gasteiger partial charge in [-0.1, -0.05) is 20.8 Å². The SMILES string of the molecule is Cc1c([N+](=O)[O-])c(OCCCO[Si](C)(C)C(C)(C)C)nn1[C@@H]1CCOC[C@H]1F. The summed E-state index contributed by atoms with van der Waals surface area (Å²) in [4.78, 5) is 11.0. The highest BCUT2D eigenvalue weighted by Gasteiger charge is 2.37. The smallest absolute Gasteiger partial charge is 0.352 e. The van der Waals surface area contributed by atoms with Crippen LogP contribution < -0.4 is 4.74 Å². The van der Waals surface area contributed by atoms with Crippen LogP contribution in [-0.4, -0.2) is 55.6 Å². The average molecular weight is 418 g/mol. The molecule has 1 fully saturated rings. The van der Waals surface area contributed by atoms with Gasteiger partial charge in [0.1, 0.15) is 11.9 Å². The van der Waals surface area contributed by atoms with Crippen LogP contribution in [0.15, 0.2) is 0 Å². The number of hydrogen-bond donors (Lipinski definition) is 0. The first-order valence-electron chi connectivity index (χ1n) is 9.68. The molecule has 2 rings (SSSR count). The first-order valence-corrected chi connectivity index (χ1v) is 12.6. The zero-order valence-electron chi connectivity index (χ0n) is 17.7. The minimum atomic E-state index is -1.84. The van der Waals surface area contributed by atoms with E-state index in [2.05, 4.69) is 39.0 Å². The fourth-order valence-electron chi connectivity index (χ4n) is 2.85. The monoisotopic (exact) mass is 417 g/mol. The lowest BCUT2D eigenvalue weighted by molar-refractivity contribution is -0.386. The molecule has 1 aliphatic rings. The number of nitrogens with zero attached hydrogens (tertiary/aromatic N) is 3. The molecule has 160 valence electrons. The van der Waals surface area contributed by atoms with Crippen molar-refractivity contribution in [2.45, 2.75) is 70.9 Å². The van der Waals surface area contributed by atoms with Gasteiger partial charge in [-0.3, -0.25) is 14.8 Å². The second-order valence-electron chi connectivity index (χ2n) is 8.70. The van der Waals surface area contributed by atoms with E-state index in [0.29, 0.717) is 31.7 Å². The van der Waals surface area contributed by atoms with E-state index in [0.717, 1.165) is 0 Å². The Balaban J connectivity index is 2.01. The number of rotatable bonds is 8. The summed E-state index contributed by atoms with van der Waals surface area (Å²) < 4.78 is 32.4. The van der Waals surface area contributed by atoms with Crippen molar-refractivity contribution >= 4 is 14.0 Å². The zero-order chi connectivity index (χ0) is 21.1. The Hall–Kier alpha value is -1.52. The van der Waals surface area contributed by atoms with Crippen molar-refractivity contribution in [2.24, 2.45) is 0 Å². The normalized spacial score (nSPS) is 21.0. The Morgan fingerprint density at radius 1 is 1.39 bits per heavy atom. The molecular formula is C18H32FN3O5Si. The lowest BCUT2D eigenvalue weighted by Crippen LogP contribution is -2.41. The van der Waals surface area contributed by atoms with Gasteiger partial charge in [-0.05, 0) is 31.5 Å². The van der Waals surface area contributed by atoms with E-state index < -0.39 is 25.5 Å². The van der Waals surface area contributed by atoms with E-state index >= 15 is 0 Å². The van der Waals surface area contributed by atoms with Crippen LogP contribution in [0.5, 0.6) is 5.88 Å². The molecular weight excluding hydrogens is 385 g/mol. The van der Waals surface area contributed by atoms with Gasteiger partial charge in [0, 0.05) is 19.6 Å². The molecule has 0 bridgehead atoms. The molecule has 1 aromatic heterocycles. The molecule has 1 saturated heterocycles. The third-order valence-corrected chi connectivity index (χ3v) is 10.2. The molecule has 0 amide bonds. The molecule has 10 heteroatoms. The van der Waals surface area contributed by atoms with Crippen LogP contribution >= 0.6 is 0 Å². The van der Waals surface area contributed by atoms with Crippen molar-refractivity contribution in [3.63, 3.8) is 0 Å². The molecule has 0 unspecified atom stereocenters. The maximum absolute atomic E-state index is 14.2. The van der Waals surface area contributed by atoms with Crippen LogP contribution in [-0.2, 0) is 9.16 Å². The predicted octanol–water partition coefficient (Wildman–Crippen LogP) is 4.19. The Morgan fingerprint density at radius 3 is 2.64 bits per heavy atom. The molecule has 28 heavy (non-hydrogen) atoms. The van der Waals surface area contributed by atoms with Crippen molar-refractivity contribution in [2.75, 3.05) is 26.4 Å². The molecule has 1 aromatic rings. The van der Waals surface area contributed by atoms with Gasteiger partial charge in [-0.15, -0.1) is 5.10 Å². The number of ether oxygens (including phenoxy) is 2. The van der Waals surface area contributed by atoms with Gasteiger partial charge in [0.2, 0.25) is 0 Å². The van der Waals surface area contributed by atoms with E-state index in [1.165, 1.54) is 4.68 Å². The Morgan fingerprint density at radius 2 is 2.07 bits per heavy atom. The van der Waals surface area contributed by atoms with Crippen LogP contribution in [0.25, 0.3) is 0 Å². The van der Waals surface area contributed by atoms with Gasteiger partial charge in [0.15, 0.2) is 8.32 Å². The maximum atomic E-state index is 14.2. The van der Waals surface area contributed by atoms with Gasteiger partial charge in [0.05, 0.1) is 24.2 Å². The maximum Gasteiger partial charge on any atom is 0.352 e. The first-order chi connectivity index (χ1) is 13.0. The second-order valence-corrected chi connectivity index (χ2v) is 13.5. The molecule has 0 radical (unpaired) electrons. The van der Waals surface area contributed by atoms with E-state index in [9.17, 15) is 14.5 Å². The highest BCUT2D eigenvalue weighted by Crippen LogP contribution is 2.37. The molecule has 2 atom stereocenters. The third-order valence-electron chi connectivity index (χ3n) is 5.63. The summed E-state index contributed by atoms with van der Waals surface area (Å²) in [5.41, 5.74) is 0.0936. The van der Waals surface area contributed by atoms with E-state index in [-0.39, 0.29) is 29.8 Å². The van der Waals surface area contributed by atoms with E-state index in [4.69, 9.17) is 13.9 Å². The fraction of sp³-hybridized carbons (Fsp3) is 0.833. The van der Waals surface area contributed by atoms with Crippen molar-refractivity contribution in [1.82, 2.24) is 9.78 Å². The number of nitro groups is 1. The molecule has 0 aromatic carbocycles. The molecule has 1 aliphatic heterocycles. The summed E-state index contributed by atoms with van der Waals surface area (Å²) >= 11 is 0. The molecule has 0 saturated carbocycles. The Bertz CT molecular complexity index is 689. The fourth-order valence-corrected chi connectivity index (χ4v) is 3.94. The van der Waals surface area contributed by atoms with Gasteiger partial charge in [-0.2, -0.15) is 0 Å². The average Bonchev–Trinajstić information content (AvgIpc) is 2.90. The van der Waals surface area contributed by atoms with Gasteiger partial charge >= 0.3 is 11.6 Å². The van der Waals surface area contributed by atoms with Crippen molar-refractivity contribution in [3.05, 3.63) is 15.8 Å². The summed E-state index contributed by atoms with van der Waals surface area (Å²) in [6, 6.07) is -0.577. The van der Waals surface area contributed by atoms with Crippen molar-refractivity contribution < 1.29 is 23.2 Å². The largest absolute Gasteiger partial charge is 0.472 e. The first kappa shape index (κ1) is 22.8. The van der Waals surface area contributed by atoms with Crippen LogP contribution in [0.2, 0.25) is 18.1 Å². The highest BCUT2D eigenvalue weighted by molar-refractivity contribution is 6.74. The van der Waals surface area contributed by atoms with Gasteiger partial charge < -0.3 is 13.9 Å². The number of alkyl halides is 1. The molecule has 2 heterocycles. The summed E-state index contributed by atoms with van der Waals surface area (Å²) in [5.74, 6) is -0.0616. The van der Waals surface area contributed by atoms with Gasteiger partial charge in [0.25, 0.3) is 0 Å². The molecule has 0 spiro atoms. The van der Waals surface area contributed by atoms with E-state index in [1.54, 1.807) is 6.92 Å². The quantitative estimate of drug-likeness (QED) is 0.273. The standard InChI is InChI=1S/C18H32FN3O5Si/c1-13-16(22(23)24)17(20-21(13)15-8-11-25-12-14(15)19)26-9-7-10-27-28(5,6)18(2,3)4/h14-15H,7-12H2,1-6H3/t14-,15-/m1/s1. The van der Waals surface area contributed by atoms with Crippen LogP contribution in [0, 0.1) is 17.0 Å². The lowest BCUT2D eigenvalue weighted by Gasteiger charge is -2.36. The Kier molecular flexibility index (Phi) is 7.21. The summed E-state index contributed by atoms with van der Waals surface area (Å²) in [5, 5.41) is 15.8. The minimum absolute atomic E-state index is 0.0290. The lowest BCUT2D eigenvalue weighted by atomic mass is 10.1. The summed E-state index contributed by atoms with van der Waals surface area (Å²) in [6.07, 6.45) is -0.239. The summed E-state index contributed by atoms with van der Waals surface area (Å²) in [7, 11) is -1.84. The van der Waals surface area contributed by atoms with Crippen LogP contribution in [0.1, 0.15) is 45.3 Å². The van der Waals surface area contributed by atoms with Crippen molar-refractivity contribution in [1.29, 1.82) is 0 Å². The summed E-state index contributed by atoms with van der Waals surface area (Å²) in [6.45, 7) is 13.6. The van der Waals surface area contributed by atoms with Gasteiger partial charge in [-0.25, -0.2) is 4.39 Å². The number of aromatic nitrogens is 2. The van der Waals surface area contributed by atoms with E-state index in [1.807, 2.05) is 0 Å². The third kappa shape index (κ3) is 5.09. The molecule has 0 N–H and O–H groups in total. The predicted molar refractivity (Wildman–Crippen MR) is 106 cm³/mol. The molecule has 0 aliphatic carbocycles. The number of hydrogen-bond acceptors (Lipinski definition) is 6. The highest BCUT2D eigenvalue weighted by atomic mass is 28.4. The topological polar surface area (TPSA) is 88.7 Å². The number of halogens is 1. The Labute approximate surface area is 166 Å². The van der Waals surface area contributed by atoms with Crippen LogP contribution in [0.3, 0.4) is 0 Å². The minimum Gasteiger partial charge on any atom is -0.472 e.